The van der Waals surface area contributed by atoms with E-state index >= 15 is 0 Å². The van der Waals surface area contributed by atoms with Gasteiger partial charge in [-0.05, 0) is 12.0 Å². The van der Waals surface area contributed by atoms with E-state index in [2.05, 4.69) is 23.5 Å². The Balaban J connectivity index is 1.97. The van der Waals surface area contributed by atoms with Crippen molar-refractivity contribution in [2.24, 2.45) is 18.7 Å². The van der Waals surface area contributed by atoms with Gasteiger partial charge in [0.15, 0.2) is 0 Å². The number of ether oxygens (including phenoxy) is 1. The third-order valence-electron chi connectivity index (χ3n) is 3.89. The van der Waals surface area contributed by atoms with Gasteiger partial charge >= 0.3 is 0 Å². The molecule has 1 aliphatic heterocycles. The number of amides is 1. The third kappa shape index (κ3) is 4.79. The number of carbonyl (C=O) groups excluding carboxylic acids is 1. The standard InChI is InChI=1S/C15H26N4O4S/c1-11(2)8-19-4-5-23-12(9-19)7-17-24(21,22)13-6-14(15(16)20)18(3)10-13/h6,10-12,17H,4-5,7-9H2,1-3H3,(H2,16,20). The molecule has 1 atom stereocenters. The van der Waals surface area contributed by atoms with Gasteiger partial charge in [0, 0.05) is 39.4 Å². The number of aryl methyl sites for hydroxylation is 1. The van der Waals surface area contributed by atoms with Crippen molar-refractivity contribution in [1.29, 1.82) is 0 Å². The number of morpholine rings is 1. The second-order valence-electron chi connectivity index (χ2n) is 6.53. The molecule has 0 spiro atoms. The largest absolute Gasteiger partial charge is 0.374 e. The fourth-order valence-corrected chi connectivity index (χ4v) is 3.93. The van der Waals surface area contributed by atoms with E-state index in [1.807, 2.05) is 0 Å². The average molecular weight is 358 g/mol. The van der Waals surface area contributed by atoms with Crippen LogP contribution in [-0.2, 0) is 21.8 Å². The van der Waals surface area contributed by atoms with Gasteiger partial charge in [-0.1, -0.05) is 13.8 Å². The number of hydrogen-bond donors (Lipinski definition) is 2. The van der Waals surface area contributed by atoms with Gasteiger partial charge in [0.2, 0.25) is 10.0 Å². The van der Waals surface area contributed by atoms with E-state index in [0.717, 1.165) is 13.1 Å². The van der Waals surface area contributed by atoms with Crippen LogP contribution >= 0.6 is 0 Å². The predicted octanol–water partition coefficient (Wildman–Crippen LogP) is -0.241. The van der Waals surface area contributed by atoms with E-state index in [1.54, 1.807) is 7.05 Å². The summed E-state index contributed by atoms with van der Waals surface area (Å²) in [5.41, 5.74) is 5.36. The quantitative estimate of drug-likeness (QED) is 0.700. The molecule has 0 aromatic carbocycles. The number of sulfonamides is 1. The number of carbonyl (C=O) groups is 1. The molecular weight excluding hydrogens is 332 g/mol. The molecule has 0 radical (unpaired) electrons. The molecule has 0 bridgehead atoms. The molecule has 0 saturated carbocycles. The summed E-state index contributed by atoms with van der Waals surface area (Å²) < 4.78 is 34.3. The molecule has 1 unspecified atom stereocenters. The average Bonchev–Trinajstić information content (AvgIpc) is 2.88. The number of rotatable bonds is 7. The first-order valence-corrected chi connectivity index (χ1v) is 9.47. The van der Waals surface area contributed by atoms with Crippen LogP contribution in [0.4, 0.5) is 0 Å². The highest BCUT2D eigenvalue weighted by Gasteiger charge is 2.24. The van der Waals surface area contributed by atoms with Gasteiger partial charge in [0.25, 0.3) is 5.91 Å². The summed E-state index contributed by atoms with van der Waals surface area (Å²) in [4.78, 5) is 13.6. The Morgan fingerprint density at radius 2 is 2.21 bits per heavy atom. The highest BCUT2D eigenvalue weighted by atomic mass is 32.2. The maximum Gasteiger partial charge on any atom is 0.265 e. The lowest BCUT2D eigenvalue weighted by Gasteiger charge is -2.33. The molecule has 2 heterocycles. The van der Waals surface area contributed by atoms with Crippen molar-refractivity contribution in [1.82, 2.24) is 14.2 Å². The minimum atomic E-state index is -3.71. The van der Waals surface area contributed by atoms with E-state index in [-0.39, 0.29) is 23.2 Å². The van der Waals surface area contributed by atoms with Gasteiger partial charge in [-0.2, -0.15) is 0 Å². The molecule has 1 aromatic rings. The smallest absolute Gasteiger partial charge is 0.265 e. The maximum absolute atomic E-state index is 12.4. The molecule has 1 saturated heterocycles. The van der Waals surface area contributed by atoms with Gasteiger partial charge in [-0.25, -0.2) is 13.1 Å². The van der Waals surface area contributed by atoms with Gasteiger partial charge in [-0.15, -0.1) is 0 Å². The van der Waals surface area contributed by atoms with E-state index in [9.17, 15) is 13.2 Å². The second kappa shape index (κ2) is 7.64. The van der Waals surface area contributed by atoms with Crippen LogP contribution in [0.25, 0.3) is 0 Å². The molecule has 1 fully saturated rings. The minimum Gasteiger partial charge on any atom is -0.374 e. The van der Waals surface area contributed by atoms with Crippen LogP contribution in [0.3, 0.4) is 0 Å². The Bertz CT molecular complexity index is 684. The Hall–Kier alpha value is -1.42. The fourth-order valence-electron chi connectivity index (χ4n) is 2.80. The van der Waals surface area contributed by atoms with Crippen LogP contribution in [0.2, 0.25) is 0 Å². The van der Waals surface area contributed by atoms with Crippen molar-refractivity contribution in [3.05, 3.63) is 18.0 Å². The zero-order valence-electron chi connectivity index (χ0n) is 14.4. The van der Waals surface area contributed by atoms with Gasteiger partial charge in [-0.3, -0.25) is 9.69 Å². The zero-order chi connectivity index (χ0) is 17.9. The van der Waals surface area contributed by atoms with Crippen LogP contribution < -0.4 is 10.5 Å². The van der Waals surface area contributed by atoms with Crippen molar-refractivity contribution in [3.63, 3.8) is 0 Å². The highest BCUT2D eigenvalue weighted by Crippen LogP contribution is 2.14. The predicted molar refractivity (Wildman–Crippen MR) is 90.1 cm³/mol. The lowest BCUT2D eigenvalue weighted by Crippen LogP contribution is -2.48. The van der Waals surface area contributed by atoms with Crippen molar-refractivity contribution < 1.29 is 17.9 Å². The first-order valence-electron chi connectivity index (χ1n) is 7.99. The van der Waals surface area contributed by atoms with Gasteiger partial charge < -0.3 is 15.0 Å². The molecule has 0 aliphatic carbocycles. The Morgan fingerprint density at radius 3 is 2.79 bits per heavy atom. The van der Waals surface area contributed by atoms with Gasteiger partial charge in [0.1, 0.15) is 10.6 Å². The van der Waals surface area contributed by atoms with Crippen molar-refractivity contribution in [3.8, 4) is 0 Å². The summed E-state index contributed by atoms with van der Waals surface area (Å²) in [6.07, 6.45) is 1.18. The molecule has 2 rings (SSSR count). The van der Waals surface area contributed by atoms with Crippen molar-refractivity contribution >= 4 is 15.9 Å². The fraction of sp³-hybridized carbons (Fsp3) is 0.667. The summed E-state index contributed by atoms with van der Waals surface area (Å²) in [6, 6.07) is 1.28. The SMILES string of the molecule is CC(C)CN1CCOC(CNS(=O)(=O)c2cc(C(N)=O)n(C)c2)C1. The van der Waals surface area contributed by atoms with Crippen molar-refractivity contribution in [2.45, 2.75) is 24.8 Å². The molecule has 8 nitrogen and oxygen atoms in total. The number of nitrogens with two attached hydrogens (primary N) is 1. The van der Waals surface area contributed by atoms with E-state index in [4.69, 9.17) is 10.5 Å². The van der Waals surface area contributed by atoms with Crippen LogP contribution in [0.15, 0.2) is 17.2 Å². The third-order valence-corrected chi connectivity index (χ3v) is 5.28. The maximum atomic E-state index is 12.4. The topological polar surface area (TPSA) is 107 Å². The highest BCUT2D eigenvalue weighted by molar-refractivity contribution is 7.89. The second-order valence-corrected chi connectivity index (χ2v) is 8.30. The summed E-state index contributed by atoms with van der Waals surface area (Å²) in [7, 11) is -2.14. The summed E-state index contributed by atoms with van der Waals surface area (Å²) >= 11 is 0. The van der Waals surface area contributed by atoms with Crippen LogP contribution in [0.5, 0.6) is 0 Å². The van der Waals surface area contributed by atoms with Crippen LogP contribution in [0, 0.1) is 5.92 Å². The molecule has 1 amide bonds. The summed E-state index contributed by atoms with van der Waals surface area (Å²) in [5, 5.41) is 0. The van der Waals surface area contributed by atoms with E-state index < -0.39 is 15.9 Å². The minimum absolute atomic E-state index is 0.0219. The normalized spacial score (nSPS) is 19.8. The summed E-state index contributed by atoms with van der Waals surface area (Å²) in [6.45, 7) is 7.61. The number of aromatic nitrogens is 1. The molecule has 136 valence electrons. The Kier molecular flexibility index (Phi) is 6.02. The molecule has 1 aromatic heterocycles. The first-order chi connectivity index (χ1) is 11.2. The number of primary amides is 1. The molecule has 1 aliphatic rings. The number of hydrogen-bond acceptors (Lipinski definition) is 5. The molecule has 24 heavy (non-hydrogen) atoms. The van der Waals surface area contributed by atoms with Crippen LogP contribution in [0.1, 0.15) is 24.3 Å². The Labute approximate surface area is 143 Å². The lowest BCUT2D eigenvalue weighted by molar-refractivity contribution is -0.0280. The van der Waals surface area contributed by atoms with Crippen molar-refractivity contribution in [2.75, 3.05) is 32.8 Å². The van der Waals surface area contributed by atoms with E-state index in [1.165, 1.54) is 16.8 Å². The molecule has 3 N–H and O–H groups in total. The first kappa shape index (κ1) is 18.9. The van der Waals surface area contributed by atoms with Gasteiger partial charge in [0.05, 0.1) is 12.7 Å². The molecular formula is C15H26N4O4S. The summed E-state index contributed by atoms with van der Waals surface area (Å²) in [5.74, 6) is -0.115. The monoisotopic (exact) mass is 358 g/mol. The Morgan fingerprint density at radius 1 is 1.50 bits per heavy atom. The zero-order valence-corrected chi connectivity index (χ0v) is 15.2. The number of nitrogens with zero attached hydrogens (tertiary/aromatic N) is 2. The molecule has 9 heteroatoms. The number of nitrogens with one attached hydrogen (secondary N) is 1. The lowest BCUT2D eigenvalue weighted by atomic mass is 10.2. The van der Waals surface area contributed by atoms with E-state index in [0.29, 0.717) is 19.1 Å². The van der Waals surface area contributed by atoms with Crippen LogP contribution in [-0.4, -0.2) is 62.7 Å².